The van der Waals surface area contributed by atoms with Crippen LogP contribution in [-0.4, -0.2) is 65.4 Å². The van der Waals surface area contributed by atoms with Crippen LogP contribution in [0, 0.1) is 0 Å². The van der Waals surface area contributed by atoms with Crippen molar-refractivity contribution in [1.82, 2.24) is 14.8 Å². The Morgan fingerprint density at radius 2 is 1.93 bits per heavy atom. The summed E-state index contributed by atoms with van der Waals surface area (Å²) in [5.74, 6) is -0.932. The van der Waals surface area contributed by atoms with Crippen LogP contribution in [0.3, 0.4) is 0 Å². The Kier molecular flexibility index (Phi) is 6.29. The Balaban J connectivity index is 2.11. The van der Waals surface area contributed by atoms with E-state index in [2.05, 4.69) is 4.98 Å². The van der Waals surface area contributed by atoms with E-state index in [4.69, 9.17) is 4.74 Å². The molecule has 1 unspecified atom stereocenters. The first-order valence-corrected chi connectivity index (χ1v) is 9.50. The highest BCUT2D eigenvalue weighted by Gasteiger charge is 2.45. The zero-order chi connectivity index (χ0) is 21.0. The van der Waals surface area contributed by atoms with Crippen LogP contribution in [0.15, 0.2) is 54.4 Å². The molecular weight excluding hydrogens is 370 g/mol. The number of Topliss-reactive ketones (excluding diaryl/α,β-unsaturated/α-hetero) is 1. The second-order valence-electron chi connectivity index (χ2n) is 7.04. The second kappa shape index (κ2) is 8.87. The van der Waals surface area contributed by atoms with Gasteiger partial charge in [-0.2, -0.15) is 0 Å². The van der Waals surface area contributed by atoms with Gasteiger partial charge in [0.2, 0.25) is 0 Å². The number of carbonyl (C=O) groups excluding carboxylic acids is 2. The number of amides is 1. The number of ketones is 1. The first-order chi connectivity index (χ1) is 13.9. The molecule has 1 fully saturated rings. The summed E-state index contributed by atoms with van der Waals surface area (Å²) in [7, 11) is 3.80. The molecule has 1 aliphatic rings. The number of benzene rings is 1. The minimum Gasteiger partial charge on any atom is -0.507 e. The van der Waals surface area contributed by atoms with Gasteiger partial charge in [0.1, 0.15) is 11.5 Å². The number of pyridine rings is 1. The molecule has 2 aromatic rings. The fraction of sp³-hybridized carbons (Fsp3) is 0.318. The maximum Gasteiger partial charge on any atom is 0.295 e. The molecule has 1 aromatic heterocycles. The molecule has 1 aliphatic heterocycles. The lowest BCUT2D eigenvalue weighted by Crippen LogP contribution is -2.35. The van der Waals surface area contributed by atoms with E-state index in [1.54, 1.807) is 48.8 Å². The van der Waals surface area contributed by atoms with Crippen molar-refractivity contribution in [2.24, 2.45) is 0 Å². The number of rotatable bonds is 7. The number of likely N-dealkylation sites (N-methyl/N-ethyl adjacent to an activating group) is 1. The fourth-order valence-electron chi connectivity index (χ4n) is 3.37. The molecular formula is C22H25N3O4. The first-order valence-electron chi connectivity index (χ1n) is 9.50. The highest BCUT2D eigenvalue weighted by molar-refractivity contribution is 6.46. The summed E-state index contributed by atoms with van der Waals surface area (Å²) in [4.78, 5) is 33.2. The average Bonchev–Trinajstić information content (AvgIpc) is 2.97. The molecule has 1 N–H and O–H groups in total. The van der Waals surface area contributed by atoms with Crippen LogP contribution in [0.2, 0.25) is 0 Å². The van der Waals surface area contributed by atoms with Crippen LogP contribution >= 0.6 is 0 Å². The fourth-order valence-corrected chi connectivity index (χ4v) is 3.37. The van der Waals surface area contributed by atoms with Gasteiger partial charge in [-0.25, -0.2) is 0 Å². The topological polar surface area (TPSA) is 83.0 Å². The molecule has 0 spiro atoms. The van der Waals surface area contributed by atoms with Gasteiger partial charge in [-0.15, -0.1) is 0 Å². The summed E-state index contributed by atoms with van der Waals surface area (Å²) in [6.45, 7) is 3.30. The number of aliphatic hydroxyl groups is 1. The number of ether oxygens (including phenoxy) is 1. The van der Waals surface area contributed by atoms with Gasteiger partial charge in [0, 0.05) is 31.0 Å². The molecule has 3 rings (SSSR count). The van der Waals surface area contributed by atoms with E-state index in [9.17, 15) is 14.7 Å². The van der Waals surface area contributed by atoms with Crippen molar-refractivity contribution in [3.8, 4) is 5.75 Å². The van der Waals surface area contributed by atoms with Crippen molar-refractivity contribution in [3.63, 3.8) is 0 Å². The molecule has 0 radical (unpaired) electrons. The Morgan fingerprint density at radius 3 is 2.59 bits per heavy atom. The summed E-state index contributed by atoms with van der Waals surface area (Å²) in [5.41, 5.74) is 1.23. The van der Waals surface area contributed by atoms with E-state index in [0.717, 1.165) is 5.56 Å². The van der Waals surface area contributed by atoms with E-state index >= 15 is 0 Å². The third kappa shape index (κ3) is 4.30. The van der Waals surface area contributed by atoms with Crippen LogP contribution in [0.4, 0.5) is 0 Å². The Bertz CT molecular complexity index is 925. The number of aromatic nitrogens is 1. The molecule has 0 saturated carbocycles. The predicted octanol–water partition coefficient (Wildman–Crippen LogP) is 2.46. The van der Waals surface area contributed by atoms with E-state index in [1.807, 2.05) is 25.9 Å². The highest BCUT2D eigenvalue weighted by Crippen LogP contribution is 2.39. The molecule has 29 heavy (non-hydrogen) atoms. The molecule has 1 amide bonds. The molecule has 0 aliphatic carbocycles. The van der Waals surface area contributed by atoms with Gasteiger partial charge >= 0.3 is 0 Å². The van der Waals surface area contributed by atoms with Crippen molar-refractivity contribution in [1.29, 1.82) is 0 Å². The maximum atomic E-state index is 12.9. The molecule has 152 valence electrons. The summed E-state index contributed by atoms with van der Waals surface area (Å²) in [6, 6.07) is 9.70. The quantitative estimate of drug-likeness (QED) is 0.441. The summed E-state index contributed by atoms with van der Waals surface area (Å²) < 4.78 is 5.50. The third-order valence-corrected chi connectivity index (χ3v) is 4.77. The Labute approximate surface area is 170 Å². The lowest BCUT2D eigenvalue weighted by atomic mass is 9.96. The summed E-state index contributed by atoms with van der Waals surface area (Å²) in [5, 5.41) is 11.0. The highest BCUT2D eigenvalue weighted by atomic mass is 16.5. The largest absolute Gasteiger partial charge is 0.507 e. The number of nitrogens with zero attached hydrogens (tertiary/aromatic N) is 3. The van der Waals surface area contributed by atoms with Crippen molar-refractivity contribution in [2.45, 2.75) is 13.0 Å². The molecule has 7 heteroatoms. The van der Waals surface area contributed by atoms with Gasteiger partial charge in [-0.3, -0.25) is 14.6 Å². The zero-order valence-electron chi connectivity index (χ0n) is 16.8. The minimum atomic E-state index is -0.690. The Morgan fingerprint density at radius 1 is 1.21 bits per heavy atom. The molecule has 1 atom stereocenters. The Hall–Kier alpha value is -3.19. The zero-order valence-corrected chi connectivity index (χ0v) is 16.8. The predicted molar refractivity (Wildman–Crippen MR) is 109 cm³/mol. The molecule has 0 bridgehead atoms. The smallest absolute Gasteiger partial charge is 0.295 e. The summed E-state index contributed by atoms with van der Waals surface area (Å²) >= 11 is 0. The van der Waals surface area contributed by atoms with Crippen LogP contribution in [0.25, 0.3) is 5.76 Å². The van der Waals surface area contributed by atoms with Crippen LogP contribution in [0.1, 0.15) is 24.1 Å². The number of hydrogen-bond acceptors (Lipinski definition) is 6. The third-order valence-electron chi connectivity index (χ3n) is 4.77. The second-order valence-corrected chi connectivity index (χ2v) is 7.04. The number of hydrogen-bond donors (Lipinski definition) is 1. The van der Waals surface area contributed by atoms with Gasteiger partial charge in [0.15, 0.2) is 0 Å². The number of aliphatic hydroxyl groups excluding tert-OH is 1. The summed E-state index contributed by atoms with van der Waals surface area (Å²) in [6.07, 6.45) is 3.22. The van der Waals surface area contributed by atoms with E-state index in [-0.39, 0.29) is 11.3 Å². The van der Waals surface area contributed by atoms with Crippen LogP contribution in [0.5, 0.6) is 5.75 Å². The first kappa shape index (κ1) is 20.5. The van der Waals surface area contributed by atoms with Gasteiger partial charge < -0.3 is 19.6 Å². The molecule has 2 heterocycles. The van der Waals surface area contributed by atoms with Crippen LogP contribution < -0.4 is 4.74 Å². The maximum absolute atomic E-state index is 12.9. The van der Waals surface area contributed by atoms with E-state index in [1.165, 1.54) is 4.90 Å². The van der Waals surface area contributed by atoms with Crippen molar-refractivity contribution < 1.29 is 19.4 Å². The standard InChI is InChI=1S/C22H25N3O4/c1-4-29-17-7-5-6-16(14-17)20(26)18-19(15-8-10-23-11-9-15)25(13-12-24(2)3)22(28)21(18)27/h5-11,14,19,26H,4,12-13H2,1-3H3. The van der Waals surface area contributed by atoms with E-state index < -0.39 is 17.7 Å². The average molecular weight is 395 g/mol. The monoisotopic (exact) mass is 395 g/mol. The number of likely N-dealkylation sites (tertiary alicyclic amines) is 1. The molecule has 1 aromatic carbocycles. The van der Waals surface area contributed by atoms with Gasteiger partial charge in [-0.05, 0) is 50.8 Å². The molecule has 1 saturated heterocycles. The minimum absolute atomic E-state index is 0.0774. The van der Waals surface area contributed by atoms with Gasteiger partial charge in [0.05, 0.1) is 18.2 Å². The van der Waals surface area contributed by atoms with E-state index in [0.29, 0.717) is 31.0 Å². The van der Waals surface area contributed by atoms with Crippen molar-refractivity contribution in [2.75, 3.05) is 33.8 Å². The normalized spacial score (nSPS) is 18.5. The van der Waals surface area contributed by atoms with Gasteiger partial charge in [0.25, 0.3) is 11.7 Å². The van der Waals surface area contributed by atoms with Crippen molar-refractivity contribution >= 4 is 17.4 Å². The van der Waals surface area contributed by atoms with Crippen molar-refractivity contribution in [3.05, 3.63) is 65.5 Å². The van der Waals surface area contributed by atoms with Crippen LogP contribution in [-0.2, 0) is 9.59 Å². The van der Waals surface area contributed by atoms with Gasteiger partial charge in [-0.1, -0.05) is 12.1 Å². The SMILES string of the molecule is CCOc1cccc(C(O)=C2C(=O)C(=O)N(CCN(C)C)C2c2ccncc2)c1. The number of carbonyl (C=O) groups is 2. The molecule has 7 nitrogen and oxygen atoms in total. The lowest BCUT2D eigenvalue weighted by Gasteiger charge is -2.26. The lowest BCUT2D eigenvalue weighted by molar-refractivity contribution is -0.140.